The van der Waals surface area contributed by atoms with Crippen LogP contribution in [0.5, 0.6) is 11.5 Å². The van der Waals surface area contributed by atoms with Crippen LogP contribution in [0.2, 0.25) is 0 Å². The van der Waals surface area contributed by atoms with Crippen molar-refractivity contribution in [1.29, 1.82) is 0 Å². The summed E-state index contributed by atoms with van der Waals surface area (Å²) in [6.45, 7) is 5.09. The van der Waals surface area contributed by atoms with E-state index in [-0.39, 0.29) is 19.2 Å². The van der Waals surface area contributed by atoms with Crippen molar-refractivity contribution in [2.45, 2.75) is 26.7 Å². The van der Waals surface area contributed by atoms with Gasteiger partial charge >= 0.3 is 0 Å². The number of hydrogen-bond donors (Lipinski definition) is 0. The lowest BCUT2D eigenvalue weighted by atomic mass is 10.2. The molecule has 0 fully saturated rings. The van der Waals surface area contributed by atoms with Gasteiger partial charge in [0.15, 0.2) is 11.5 Å². The van der Waals surface area contributed by atoms with Crippen molar-refractivity contribution in [2.75, 3.05) is 37.0 Å². The standard InChI is InChI=1S/C16H24N2O5S/c1-4-8-17(9-5-2)16(19)11-18(24(3,20)21)13-6-7-14-15(10-13)23-12-22-14/h6-7,10H,4-5,8-9,11-12H2,1-3H3. The number of amides is 1. The zero-order valence-corrected chi connectivity index (χ0v) is 15.1. The van der Waals surface area contributed by atoms with Crippen molar-refractivity contribution >= 4 is 21.6 Å². The fourth-order valence-electron chi connectivity index (χ4n) is 2.56. The third-order valence-electron chi connectivity index (χ3n) is 3.66. The number of anilines is 1. The first-order valence-corrected chi connectivity index (χ1v) is 9.86. The average molecular weight is 356 g/mol. The molecule has 2 rings (SSSR count). The highest BCUT2D eigenvalue weighted by atomic mass is 32.2. The summed E-state index contributed by atoms with van der Waals surface area (Å²) >= 11 is 0. The Balaban J connectivity index is 2.25. The van der Waals surface area contributed by atoms with Gasteiger partial charge in [0, 0.05) is 19.2 Å². The summed E-state index contributed by atoms with van der Waals surface area (Å²) in [5.74, 6) is 0.839. The molecule has 1 heterocycles. The van der Waals surface area contributed by atoms with E-state index in [1.807, 2.05) is 13.8 Å². The molecule has 24 heavy (non-hydrogen) atoms. The number of carbonyl (C=O) groups excluding carboxylic acids is 1. The maximum atomic E-state index is 12.6. The number of hydrogen-bond acceptors (Lipinski definition) is 5. The first-order valence-electron chi connectivity index (χ1n) is 8.02. The van der Waals surface area contributed by atoms with E-state index >= 15 is 0 Å². The summed E-state index contributed by atoms with van der Waals surface area (Å²) in [7, 11) is -3.60. The smallest absolute Gasteiger partial charge is 0.243 e. The molecule has 134 valence electrons. The van der Waals surface area contributed by atoms with Gasteiger partial charge in [-0.15, -0.1) is 0 Å². The van der Waals surface area contributed by atoms with Crippen LogP contribution in [-0.2, 0) is 14.8 Å². The van der Waals surface area contributed by atoms with Crippen molar-refractivity contribution in [1.82, 2.24) is 4.90 Å². The van der Waals surface area contributed by atoms with Gasteiger partial charge in [0.1, 0.15) is 6.54 Å². The van der Waals surface area contributed by atoms with Crippen molar-refractivity contribution in [2.24, 2.45) is 0 Å². The first kappa shape index (κ1) is 18.4. The van der Waals surface area contributed by atoms with Crippen LogP contribution >= 0.6 is 0 Å². The van der Waals surface area contributed by atoms with Crippen molar-refractivity contribution < 1.29 is 22.7 Å². The lowest BCUT2D eigenvalue weighted by Gasteiger charge is -2.27. The fraction of sp³-hybridized carbons (Fsp3) is 0.562. The van der Waals surface area contributed by atoms with Crippen LogP contribution in [0.4, 0.5) is 5.69 Å². The Hall–Kier alpha value is -1.96. The van der Waals surface area contributed by atoms with Crippen LogP contribution in [0.25, 0.3) is 0 Å². The second-order valence-corrected chi connectivity index (χ2v) is 7.59. The normalized spacial score (nSPS) is 13.0. The molecule has 0 spiro atoms. The van der Waals surface area contributed by atoms with Crippen molar-refractivity contribution in [3.05, 3.63) is 18.2 Å². The molecule has 0 radical (unpaired) electrons. The molecule has 0 aromatic heterocycles. The van der Waals surface area contributed by atoms with Gasteiger partial charge < -0.3 is 14.4 Å². The Bertz CT molecular complexity index is 684. The minimum atomic E-state index is -3.60. The molecule has 0 aliphatic carbocycles. The van der Waals surface area contributed by atoms with E-state index in [4.69, 9.17) is 9.47 Å². The van der Waals surface area contributed by atoms with Gasteiger partial charge in [-0.2, -0.15) is 0 Å². The second kappa shape index (κ2) is 7.74. The lowest BCUT2D eigenvalue weighted by Crippen LogP contribution is -2.43. The van der Waals surface area contributed by atoms with Gasteiger partial charge in [0.25, 0.3) is 0 Å². The average Bonchev–Trinajstić information content (AvgIpc) is 2.98. The molecule has 7 nitrogen and oxygen atoms in total. The Morgan fingerprint density at radius 3 is 2.33 bits per heavy atom. The zero-order chi connectivity index (χ0) is 17.7. The van der Waals surface area contributed by atoms with Gasteiger partial charge in [-0.3, -0.25) is 9.10 Å². The molecule has 1 amide bonds. The van der Waals surface area contributed by atoms with E-state index in [9.17, 15) is 13.2 Å². The molecule has 0 saturated heterocycles. The van der Waals surface area contributed by atoms with Crippen molar-refractivity contribution in [3.63, 3.8) is 0 Å². The van der Waals surface area contributed by atoms with Gasteiger partial charge in [-0.1, -0.05) is 13.8 Å². The molecule has 1 aliphatic heterocycles. The predicted molar refractivity (Wildman–Crippen MR) is 91.9 cm³/mol. The van der Waals surface area contributed by atoms with E-state index in [0.29, 0.717) is 30.3 Å². The van der Waals surface area contributed by atoms with E-state index in [1.165, 1.54) is 0 Å². The molecule has 1 aliphatic rings. The number of benzene rings is 1. The fourth-order valence-corrected chi connectivity index (χ4v) is 3.41. The van der Waals surface area contributed by atoms with Crippen molar-refractivity contribution in [3.8, 4) is 11.5 Å². The summed E-state index contributed by atoms with van der Waals surface area (Å²) in [5, 5.41) is 0. The highest BCUT2D eigenvalue weighted by Crippen LogP contribution is 2.36. The van der Waals surface area contributed by atoms with E-state index < -0.39 is 10.0 Å². The summed E-state index contributed by atoms with van der Waals surface area (Å²) < 4.78 is 36.0. The second-order valence-electron chi connectivity index (χ2n) is 5.69. The SMILES string of the molecule is CCCN(CCC)C(=O)CN(c1ccc2c(c1)OCO2)S(C)(=O)=O. The number of ether oxygens (including phenoxy) is 2. The Morgan fingerprint density at radius 2 is 1.75 bits per heavy atom. The summed E-state index contributed by atoms with van der Waals surface area (Å²) in [4.78, 5) is 14.3. The topological polar surface area (TPSA) is 76.2 Å². The minimum Gasteiger partial charge on any atom is -0.454 e. The van der Waals surface area contributed by atoms with E-state index in [2.05, 4.69) is 0 Å². The number of sulfonamides is 1. The molecule has 8 heteroatoms. The summed E-state index contributed by atoms with van der Waals surface area (Å²) in [6, 6.07) is 4.85. The third kappa shape index (κ3) is 4.31. The number of fused-ring (bicyclic) bond motifs is 1. The molecular formula is C16H24N2O5S. The van der Waals surface area contributed by atoms with Crippen LogP contribution in [0, 0.1) is 0 Å². The number of carbonyl (C=O) groups is 1. The predicted octanol–water partition coefficient (Wildman–Crippen LogP) is 1.83. The molecule has 0 bridgehead atoms. The summed E-state index contributed by atoms with van der Waals surface area (Å²) in [6.07, 6.45) is 2.75. The monoisotopic (exact) mass is 356 g/mol. The van der Waals surface area contributed by atoms with Gasteiger partial charge in [0.05, 0.1) is 11.9 Å². The molecule has 0 N–H and O–H groups in total. The van der Waals surface area contributed by atoms with Gasteiger partial charge in [-0.05, 0) is 25.0 Å². The lowest BCUT2D eigenvalue weighted by molar-refractivity contribution is -0.129. The number of rotatable bonds is 8. The summed E-state index contributed by atoms with van der Waals surface area (Å²) in [5.41, 5.74) is 0.392. The highest BCUT2D eigenvalue weighted by Gasteiger charge is 2.25. The van der Waals surface area contributed by atoms with Crippen LogP contribution in [0.1, 0.15) is 26.7 Å². The zero-order valence-electron chi connectivity index (χ0n) is 14.3. The Morgan fingerprint density at radius 1 is 1.12 bits per heavy atom. The third-order valence-corrected chi connectivity index (χ3v) is 4.80. The maximum absolute atomic E-state index is 12.6. The van der Waals surface area contributed by atoms with Crippen LogP contribution in [-0.4, -0.2) is 51.9 Å². The van der Waals surface area contributed by atoms with Crippen LogP contribution < -0.4 is 13.8 Å². The quantitative estimate of drug-likeness (QED) is 0.710. The first-order chi connectivity index (χ1) is 11.4. The van der Waals surface area contributed by atoms with Crippen LogP contribution in [0.3, 0.4) is 0 Å². The molecule has 1 aromatic carbocycles. The Labute approximate surface area is 143 Å². The molecule has 1 aromatic rings. The Kier molecular flexibility index (Phi) is 5.93. The van der Waals surface area contributed by atoms with Gasteiger partial charge in [0.2, 0.25) is 22.7 Å². The molecule has 0 unspecified atom stereocenters. The van der Waals surface area contributed by atoms with E-state index in [0.717, 1.165) is 23.4 Å². The minimum absolute atomic E-state index is 0.109. The molecule has 0 saturated carbocycles. The highest BCUT2D eigenvalue weighted by molar-refractivity contribution is 7.92. The van der Waals surface area contributed by atoms with E-state index in [1.54, 1.807) is 23.1 Å². The maximum Gasteiger partial charge on any atom is 0.243 e. The van der Waals surface area contributed by atoms with Crippen LogP contribution in [0.15, 0.2) is 18.2 Å². The molecular weight excluding hydrogens is 332 g/mol. The number of nitrogens with zero attached hydrogens (tertiary/aromatic N) is 2. The molecule has 0 atom stereocenters. The largest absolute Gasteiger partial charge is 0.454 e. The van der Waals surface area contributed by atoms with Gasteiger partial charge in [-0.25, -0.2) is 8.42 Å².